The Labute approximate surface area is 75.6 Å². The van der Waals surface area contributed by atoms with Crippen molar-refractivity contribution in [1.82, 2.24) is 4.31 Å². The summed E-state index contributed by atoms with van der Waals surface area (Å²) in [6.45, 7) is 2.41. The zero-order valence-electron chi connectivity index (χ0n) is 6.16. The van der Waals surface area contributed by atoms with Crippen molar-refractivity contribution in [3.8, 4) is 0 Å². The number of nitrogens with zero attached hydrogens (tertiary/aromatic N) is 1. The summed E-state index contributed by atoms with van der Waals surface area (Å²) < 4.78 is 23.1. The van der Waals surface area contributed by atoms with Crippen LogP contribution in [0.15, 0.2) is 0 Å². The van der Waals surface area contributed by atoms with Crippen molar-refractivity contribution in [3.63, 3.8) is 0 Å². The number of rotatable bonds is 1. The van der Waals surface area contributed by atoms with Gasteiger partial charge in [-0.1, -0.05) is 0 Å². The van der Waals surface area contributed by atoms with Crippen LogP contribution in [0.5, 0.6) is 0 Å². The lowest BCUT2D eigenvalue weighted by Crippen LogP contribution is -2.42. The van der Waals surface area contributed by atoms with E-state index in [0.29, 0.717) is 6.54 Å². The van der Waals surface area contributed by atoms with E-state index in [4.69, 9.17) is 10.7 Å². The summed E-state index contributed by atoms with van der Waals surface area (Å²) in [7, 11) is 1.71. The van der Waals surface area contributed by atoms with E-state index in [1.54, 1.807) is 11.8 Å². The maximum Gasteiger partial charge on any atom is 0.300 e. The number of hydrogen-bond acceptors (Lipinski definition) is 3. The Kier molecular flexibility index (Phi) is 3.08. The van der Waals surface area contributed by atoms with E-state index in [9.17, 15) is 8.42 Å². The van der Waals surface area contributed by atoms with Gasteiger partial charge in [-0.25, -0.2) is 0 Å². The van der Waals surface area contributed by atoms with Crippen molar-refractivity contribution in [3.05, 3.63) is 0 Å². The second-order valence-electron chi connectivity index (χ2n) is 2.48. The van der Waals surface area contributed by atoms with Crippen molar-refractivity contribution in [2.45, 2.75) is 13.0 Å². The molecule has 1 aliphatic rings. The van der Waals surface area contributed by atoms with Crippen LogP contribution >= 0.6 is 22.4 Å². The summed E-state index contributed by atoms with van der Waals surface area (Å²) in [6, 6.07) is 0.0382. The molecule has 1 fully saturated rings. The lowest BCUT2D eigenvalue weighted by atomic mass is 10.4. The molecule has 0 bridgehead atoms. The number of hydrogen-bond donors (Lipinski definition) is 0. The molecule has 1 unspecified atom stereocenters. The van der Waals surface area contributed by atoms with Crippen LogP contribution in [-0.4, -0.2) is 36.8 Å². The van der Waals surface area contributed by atoms with Crippen LogP contribution < -0.4 is 0 Å². The molecule has 0 spiro atoms. The molecule has 6 heteroatoms. The Balaban J connectivity index is 2.70. The molecule has 0 aromatic rings. The molecule has 1 atom stereocenters. The minimum absolute atomic E-state index is 0.0382. The fourth-order valence-electron chi connectivity index (χ4n) is 1.04. The fourth-order valence-corrected chi connectivity index (χ4v) is 3.69. The lowest BCUT2D eigenvalue weighted by Gasteiger charge is -2.29. The highest BCUT2D eigenvalue weighted by Crippen LogP contribution is 2.20. The molecule has 0 aromatic carbocycles. The SMILES string of the molecule is CC1CSCCN1S(=O)(=O)Cl. The van der Waals surface area contributed by atoms with Gasteiger partial charge in [0.25, 0.3) is 9.24 Å². The van der Waals surface area contributed by atoms with E-state index in [2.05, 4.69) is 0 Å². The zero-order chi connectivity index (χ0) is 8.48. The molecule has 0 aromatic heterocycles. The Bertz CT molecular complexity index is 229. The fraction of sp³-hybridized carbons (Fsp3) is 1.00. The van der Waals surface area contributed by atoms with Crippen LogP contribution in [0, 0.1) is 0 Å². The third-order valence-corrected chi connectivity index (χ3v) is 4.41. The van der Waals surface area contributed by atoms with Gasteiger partial charge in [-0.15, -0.1) is 0 Å². The molecule has 1 rings (SSSR count). The quantitative estimate of drug-likeness (QED) is 0.611. The van der Waals surface area contributed by atoms with Gasteiger partial charge in [0.05, 0.1) is 0 Å². The average Bonchev–Trinajstić information content (AvgIpc) is 1.86. The molecular weight excluding hydrogens is 206 g/mol. The molecular formula is C5H10ClNO2S2. The Morgan fingerprint density at radius 1 is 1.64 bits per heavy atom. The van der Waals surface area contributed by atoms with Gasteiger partial charge in [0.1, 0.15) is 0 Å². The van der Waals surface area contributed by atoms with Crippen LogP contribution in [0.25, 0.3) is 0 Å². The summed E-state index contributed by atoms with van der Waals surface area (Å²) >= 11 is 1.76. The predicted molar refractivity (Wildman–Crippen MR) is 48.3 cm³/mol. The summed E-state index contributed by atoms with van der Waals surface area (Å²) in [6.07, 6.45) is 0. The van der Waals surface area contributed by atoms with Crippen LogP contribution in [0.1, 0.15) is 6.92 Å². The highest BCUT2D eigenvalue weighted by Gasteiger charge is 2.27. The van der Waals surface area contributed by atoms with Crippen LogP contribution in [-0.2, 0) is 9.24 Å². The predicted octanol–water partition coefficient (Wildman–Crippen LogP) is 0.907. The van der Waals surface area contributed by atoms with E-state index in [1.807, 2.05) is 6.92 Å². The molecule has 1 heterocycles. The number of halogens is 1. The van der Waals surface area contributed by atoms with Crippen molar-refractivity contribution >= 4 is 31.7 Å². The molecule has 0 aliphatic carbocycles. The van der Waals surface area contributed by atoms with Crippen molar-refractivity contribution in [1.29, 1.82) is 0 Å². The maximum atomic E-state index is 10.9. The highest BCUT2D eigenvalue weighted by molar-refractivity contribution is 8.12. The summed E-state index contributed by atoms with van der Waals surface area (Å²) in [5.74, 6) is 1.68. The topological polar surface area (TPSA) is 37.4 Å². The Morgan fingerprint density at radius 3 is 2.64 bits per heavy atom. The maximum absolute atomic E-state index is 10.9. The van der Waals surface area contributed by atoms with E-state index in [1.165, 1.54) is 4.31 Å². The van der Waals surface area contributed by atoms with E-state index < -0.39 is 9.24 Å². The summed E-state index contributed by atoms with van der Waals surface area (Å²) in [4.78, 5) is 0. The van der Waals surface area contributed by atoms with Gasteiger partial charge in [-0.3, -0.25) is 0 Å². The highest BCUT2D eigenvalue weighted by atomic mass is 35.7. The molecule has 0 radical (unpaired) electrons. The van der Waals surface area contributed by atoms with Gasteiger partial charge >= 0.3 is 0 Å². The first kappa shape index (κ1) is 9.64. The van der Waals surface area contributed by atoms with Gasteiger partial charge in [0.2, 0.25) is 0 Å². The zero-order valence-corrected chi connectivity index (χ0v) is 8.55. The molecule has 0 N–H and O–H groups in total. The second-order valence-corrected chi connectivity index (χ2v) is 6.09. The third-order valence-electron chi connectivity index (χ3n) is 1.59. The van der Waals surface area contributed by atoms with Gasteiger partial charge in [0.15, 0.2) is 0 Å². The van der Waals surface area contributed by atoms with Crippen molar-refractivity contribution in [2.75, 3.05) is 18.1 Å². The number of thioether (sulfide) groups is 1. The monoisotopic (exact) mass is 215 g/mol. The van der Waals surface area contributed by atoms with Gasteiger partial charge in [-0.05, 0) is 6.92 Å². The molecule has 1 saturated heterocycles. The second kappa shape index (κ2) is 3.51. The van der Waals surface area contributed by atoms with Gasteiger partial charge in [0, 0.05) is 34.8 Å². The largest absolute Gasteiger partial charge is 0.300 e. The molecule has 3 nitrogen and oxygen atoms in total. The average molecular weight is 216 g/mol. The summed E-state index contributed by atoms with van der Waals surface area (Å²) in [5, 5.41) is 0. The summed E-state index contributed by atoms with van der Waals surface area (Å²) in [5.41, 5.74) is 0. The minimum Gasteiger partial charge on any atom is -0.195 e. The van der Waals surface area contributed by atoms with Crippen molar-refractivity contribution < 1.29 is 8.42 Å². The van der Waals surface area contributed by atoms with Gasteiger partial charge in [-0.2, -0.15) is 24.5 Å². The van der Waals surface area contributed by atoms with E-state index in [-0.39, 0.29) is 6.04 Å². The Hall–Kier alpha value is 0.550. The van der Waals surface area contributed by atoms with Crippen LogP contribution in [0.4, 0.5) is 0 Å². The third kappa shape index (κ3) is 2.50. The van der Waals surface area contributed by atoms with E-state index >= 15 is 0 Å². The smallest absolute Gasteiger partial charge is 0.195 e. The molecule has 66 valence electrons. The Morgan fingerprint density at radius 2 is 2.27 bits per heavy atom. The molecule has 0 amide bonds. The van der Waals surface area contributed by atoms with Gasteiger partial charge < -0.3 is 0 Å². The van der Waals surface area contributed by atoms with Crippen LogP contribution in [0.2, 0.25) is 0 Å². The standard InChI is InChI=1S/C5H10ClNO2S2/c1-5-4-10-3-2-7(5)11(6,8)9/h5H,2-4H2,1H3. The first-order chi connectivity index (χ1) is 5.02. The molecule has 11 heavy (non-hydrogen) atoms. The van der Waals surface area contributed by atoms with E-state index in [0.717, 1.165) is 11.5 Å². The normalized spacial score (nSPS) is 28.7. The molecule has 0 saturated carbocycles. The van der Waals surface area contributed by atoms with Crippen LogP contribution in [0.3, 0.4) is 0 Å². The lowest BCUT2D eigenvalue weighted by molar-refractivity contribution is 0.376. The minimum atomic E-state index is -3.48. The molecule has 1 aliphatic heterocycles. The first-order valence-electron chi connectivity index (χ1n) is 3.31. The van der Waals surface area contributed by atoms with Crippen molar-refractivity contribution in [2.24, 2.45) is 0 Å². The first-order valence-corrected chi connectivity index (χ1v) is 6.73.